The van der Waals surface area contributed by atoms with E-state index in [2.05, 4.69) is 35.7 Å². The van der Waals surface area contributed by atoms with Crippen LogP contribution in [0.2, 0.25) is 0 Å². The zero-order chi connectivity index (χ0) is 38.0. The van der Waals surface area contributed by atoms with E-state index in [4.69, 9.17) is 22.9 Å². The van der Waals surface area contributed by atoms with E-state index >= 15 is 0 Å². The van der Waals surface area contributed by atoms with Gasteiger partial charge in [0.15, 0.2) is 0 Å². The van der Waals surface area contributed by atoms with Crippen LogP contribution in [0.3, 0.4) is 0 Å². The van der Waals surface area contributed by atoms with Crippen LogP contribution in [0.4, 0.5) is 0 Å². The number of methoxy groups -OCH3 is 1. The minimum Gasteiger partial charge on any atom is -0.467 e. The molecule has 0 saturated heterocycles. The first-order chi connectivity index (χ1) is 21.7. The molecule has 0 bridgehead atoms. The zero-order valence-electron chi connectivity index (χ0n) is 31.6. The second-order valence-corrected chi connectivity index (χ2v) is 14.6. The Kier molecular flexibility index (Phi) is 22.5. The van der Waals surface area contributed by atoms with Gasteiger partial charge in [-0.25, -0.2) is 9.48 Å². The standard InChI is InChI=1S/C14H27N7O.C12H24N4O3.C6H12O.CH4/c1-9-10(2)21(20-19-9)11(7-6-8-17-13(15)16)18-12(22)14(3,4)5;1-12(2,3)10(18)16-8(9(17)19-4)6-5-7-15-11(13)14;1-5(7)6(2,3)4;/h11H,6-8H2,1-5H3,(H,18,22)(H4,15,16,17);8H,5-7H2,1-4H3,(H,16,18)(H4,13,14,15);1-4H3;1H4/p+2. The number of rotatable bonds is 12. The first-order valence-electron chi connectivity index (χ1n) is 16.1. The number of hydrogen-bond acceptors (Lipinski definition) is 7. The summed E-state index contributed by atoms with van der Waals surface area (Å²) in [7, 11) is 1.29. The second kappa shape index (κ2) is 22.4. The van der Waals surface area contributed by atoms with Crippen molar-refractivity contribution in [3.63, 3.8) is 0 Å². The van der Waals surface area contributed by atoms with Crippen LogP contribution < -0.4 is 43.6 Å². The Hall–Kier alpha value is -4.24. The smallest absolute Gasteiger partial charge is 0.338 e. The van der Waals surface area contributed by atoms with E-state index in [9.17, 15) is 19.2 Å². The normalized spacial score (nSPS) is 12.2. The Bertz CT molecular complexity index is 1230. The number of ketones is 1. The van der Waals surface area contributed by atoms with Crippen LogP contribution in [0, 0.1) is 30.1 Å². The number of carbonyl (C=O) groups excluding carboxylic acids is 4. The molecule has 0 saturated carbocycles. The number of carbonyl (C=O) groups is 4. The van der Waals surface area contributed by atoms with Crippen molar-refractivity contribution >= 4 is 35.5 Å². The molecule has 1 aromatic heterocycles. The first-order valence-corrected chi connectivity index (χ1v) is 16.1. The second-order valence-electron chi connectivity index (χ2n) is 14.6. The van der Waals surface area contributed by atoms with E-state index in [0.717, 1.165) is 17.8 Å². The Morgan fingerprint density at radius 1 is 0.776 bits per heavy atom. The number of nitrogens with one attached hydrogen (secondary N) is 4. The SMILES string of the molecule is C.CC(=O)C(C)(C)C.COC(=O)C(CCC[NH+]=C(N)N)NC(=O)C(C)(C)C.Cc1nnn(C(CCC[NH+]=C(N)N)NC(=O)C(C)(C)C)c1C. The van der Waals surface area contributed by atoms with E-state index < -0.39 is 22.8 Å². The maximum Gasteiger partial charge on any atom is 0.338 e. The molecule has 2 amide bonds. The predicted molar refractivity (Wildman–Crippen MR) is 193 cm³/mol. The molecule has 0 aliphatic rings. The van der Waals surface area contributed by atoms with Crippen LogP contribution in [0.25, 0.3) is 0 Å². The number of hydrogen-bond donors (Lipinski definition) is 8. The van der Waals surface area contributed by atoms with Gasteiger partial charge in [-0.15, -0.1) is 5.10 Å². The monoisotopic (exact) mass is 700 g/mol. The predicted octanol–water partition coefficient (Wildman–Crippen LogP) is -1.23. The van der Waals surface area contributed by atoms with Crippen LogP contribution in [-0.2, 0) is 23.9 Å². The maximum atomic E-state index is 12.3. The van der Waals surface area contributed by atoms with Crippen molar-refractivity contribution in [2.45, 2.75) is 128 Å². The van der Waals surface area contributed by atoms with Crippen molar-refractivity contribution in [1.29, 1.82) is 0 Å². The summed E-state index contributed by atoms with van der Waals surface area (Å²) in [5, 5.41) is 13.9. The number of ether oxygens (including phenoxy) is 1. The van der Waals surface area contributed by atoms with Crippen molar-refractivity contribution in [2.75, 3.05) is 20.2 Å². The molecule has 16 heteroatoms. The van der Waals surface area contributed by atoms with Gasteiger partial charge >= 0.3 is 17.9 Å². The number of guanidine groups is 2. The molecular weight excluding hydrogens is 630 g/mol. The van der Waals surface area contributed by atoms with E-state index in [-0.39, 0.29) is 48.5 Å². The van der Waals surface area contributed by atoms with E-state index in [1.54, 1.807) is 32.4 Å². The van der Waals surface area contributed by atoms with Crippen molar-refractivity contribution < 1.29 is 33.9 Å². The molecular formula is C33H69N11O5+2. The van der Waals surface area contributed by atoms with Gasteiger partial charge in [-0.1, -0.05) is 75.0 Å². The van der Waals surface area contributed by atoms with Crippen LogP contribution in [0.15, 0.2) is 0 Å². The van der Waals surface area contributed by atoms with Crippen LogP contribution in [0.5, 0.6) is 0 Å². The summed E-state index contributed by atoms with van der Waals surface area (Å²) in [5.41, 5.74) is 21.9. The molecule has 0 fully saturated rings. The lowest BCUT2D eigenvalue weighted by Crippen LogP contribution is -2.78. The summed E-state index contributed by atoms with van der Waals surface area (Å²) in [6.45, 7) is 23.3. The molecule has 16 nitrogen and oxygen atoms in total. The van der Waals surface area contributed by atoms with Gasteiger partial charge in [-0.05, 0) is 46.5 Å². The van der Waals surface area contributed by atoms with Crippen LogP contribution in [0.1, 0.15) is 120 Å². The van der Waals surface area contributed by atoms with Gasteiger partial charge in [0.25, 0.3) is 0 Å². The lowest BCUT2D eigenvalue weighted by Gasteiger charge is -2.25. The topological polar surface area (TPSA) is 264 Å². The molecule has 0 spiro atoms. The molecule has 0 radical (unpaired) electrons. The van der Waals surface area contributed by atoms with Crippen molar-refractivity contribution in [2.24, 2.45) is 39.2 Å². The Morgan fingerprint density at radius 2 is 1.18 bits per heavy atom. The molecule has 49 heavy (non-hydrogen) atoms. The van der Waals surface area contributed by atoms with Crippen molar-refractivity contribution in [1.82, 2.24) is 25.6 Å². The van der Waals surface area contributed by atoms with Gasteiger partial charge in [0.1, 0.15) is 18.0 Å². The highest BCUT2D eigenvalue weighted by molar-refractivity contribution is 5.87. The fourth-order valence-electron chi connectivity index (χ4n) is 3.17. The first kappa shape index (κ1) is 49.2. The molecule has 0 aliphatic heterocycles. The van der Waals surface area contributed by atoms with Crippen molar-refractivity contribution in [3.8, 4) is 0 Å². The highest BCUT2D eigenvalue weighted by Crippen LogP contribution is 2.19. The Labute approximate surface area is 294 Å². The maximum absolute atomic E-state index is 12.3. The minimum atomic E-state index is -0.655. The van der Waals surface area contributed by atoms with Gasteiger partial charge in [0.05, 0.1) is 31.6 Å². The Balaban J connectivity index is -0.000000717. The average molecular weight is 700 g/mol. The van der Waals surface area contributed by atoms with E-state index in [0.29, 0.717) is 32.4 Å². The third-order valence-corrected chi connectivity index (χ3v) is 6.94. The molecule has 284 valence electrons. The Morgan fingerprint density at radius 3 is 1.51 bits per heavy atom. The summed E-state index contributed by atoms with van der Waals surface area (Å²) in [6.07, 6.45) is 2.32. The summed E-state index contributed by atoms with van der Waals surface area (Å²) >= 11 is 0. The molecule has 2 unspecified atom stereocenters. The van der Waals surface area contributed by atoms with Crippen molar-refractivity contribution in [3.05, 3.63) is 11.4 Å². The number of nitrogens with two attached hydrogens (primary N) is 4. The summed E-state index contributed by atoms with van der Waals surface area (Å²) in [5.74, 6) is -0.102. The summed E-state index contributed by atoms with van der Waals surface area (Å²) < 4.78 is 6.43. The molecule has 1 aromatic rings. The fourth-order valence-corrected chi connectivity index (χ4v) is 3.17. The average Bonchev–Trinajstić information content (AvgIpc) is 3.27. The largest absolute Gasteiger partial charge is 0.467 e. The summed E-state index contributed by atoms with van der Waals surface area (Å²) in [4.78, 5) is 51.8. The van der Waals surface area contributed by atoms with Crippen LogP contribution in [-0.4, -0.2) is 76.7 Å². The molecule has 0 aromatic carbocycles. The molecule has 1 rings (SSSR count). The molecule has 1 heterocycles. The van der Waals surface area contributed by atoms with E-state index in [1.165, 1.54) is 7.11 Å². The molecule has 12 N–H and O–H groups in total. The quantitative estimate of drug-likeness (QED) is 0.0554. The van der Waals surface area contributed by atoms with Gasteiger partial charge in [0.2, 0.25) is 11.8 Å². The number of amides is 2. The van der Waals surface area contributed by atoms with E-state index in [1.807, 2.05) is 55.4 Å². The number of Topliss-reactive ketones (excluding diaryl/α,β-unsaturated/α-hetero) is 1. The lowest BCUT2D eigenvalue weighted by molar-refractivity contribution is -0.460. The molecule has 0 aliphatic carbocycles. The van der Waals surface area contributed by atoms with Gasteiger partial charge in [0, 0.05) is 16.2 Å². The number of esters is 1. The zero-order valence-corrected chi connectivity index (χ0v) is 31.6. The third-order valence-electron chi connectivity index (χ3n) is 6.94. The number of aryl methyl sites for hydroxylation is 1. The number of aromatic nitrogens is 3. The van der Waals surface area contributed by atoms with Crippen LogP contribution >= 0.6 is 0 Å². The minimum absolute atomic E-state index is 0. The third kappa shape index (κ3) is 22.1. The van der Waals surface area contributed by atoms with Gasteiger partial charge in [-0.3, -0.25) is 47.3 Å². The fraction of sp³-hybridized carbons (Fsp3) is 0.758. The van der Waals surface area contributed by atoms with Gasteiger partial charge < -0.3 is 15.4 Å². The number of nitrogens with zero attached hydrogens (tertiary/aromatic N) is 3. The lowest BCUT2D eigenvalue weighted by atomic mass is 9.92. The van der Waals surface area contributed by atoms with Gasteiger partial charge in [-0.2, -0.15) is 0 Å². The highest BCUT2D eigenvalue weighted by Gasteiger charge is 2.28. The molecule has 2 atom stereocenters. The highest BCUT2D eigenvalue weighted by atomic mass is 16.5. The summed E-state index contributed by atoms with van der Waals surface area (Å²) in [6, 6.07) is -0.655.